The van der Waals surface area contributed by atoms with Gasteiger partial charge in [0.1, 0.15) is 23.9 Å². The van der Waals surface area contributed by atoms with Gasteiger partial charge in [0.25, 0.3) is 0 Å². The van der Waals surface area contributed by atoms with Crippen LogP contribution in [0.3, 0.4) is 0 Å². The summed E-state index contributed by atoms with van der Waals surface area (Å²) in [5.41, 5.74) is 3.27. The first-order valence-electron chi connectivity index (χ1n) is 11.3. The summed E-state index contributed by atoms with van der Waals surface area (Å²) in [6.45, 7) is 0.304. The summed E-state index contributed by atoms with van der Waals surface area (Å²) in [6, 6.07) is 14.1. The molecular formula is C27H24O6. The summed E-state index contributed by atoms with van der Waals surface area (Å²) in [6.07, 6.45) is 3.98. The number of hydrogen-bond donors (Lipinski definition) is 1. The molecule has 2 aliphatic carbocycles. The first-order chi connectivity index (χ1) is 16.0. The molecular weight excluding hydrogens is 420 g/mol. The fourth-order valence-electron chi connectivity index (χ4n) is 4.82. The second kappa shape index (κ2) is 8.70. The number of aromatic carboxylic acids is 1. The van der Waals surface area contributed by atoms with E-state index in [1.807, 2.05) is 24.3 Å². The second-order valence-corrected chi connectivity index (χ2v) is 8.62. The van der Waals surface area contributed by atoms with Crippen molar-refractivity contribution < 1.29 is 29.0 Å². The minimum Gasteiger partial charge on any atom is -0.489 e. The molecule has 0 amide bonds. The number of carbonyl (C=O) groups is 3. The van der Waals surface area contributed by atoms with E-state index < -0.39 is 5.97 Å². The van der Waals surface area contributed by atoms with Crippen LogP contribution in [0.5, 0.6) is 5.75 Å². The van der Waals surface area contributed by atoms with Gasteiger partial charge < -0.3 is 14.6 Å². The Morgan fingerprint density at radius 2 is 1.42 bits per heavy atom. The molecule has 0 saturated carbocycles. The summed E-state index contributed by atoms with van der Waals surface area (Å²) < 4.78 is 11.9. The van der Waals surface area contributed by atoms with Crippen LogP contribution in [0.2, 0.25) is 0 Å². The molecule has 2 aromatic rings. The molecule has 0 saturated heterocycles. The summed E-state index contributed by atoms with van der Waals surface area (Å²) in [4.78, 5) is 36.7. The Morgan fingerprint density at radius 3 is 1.97 bits per heavy atom. The van der Waals surface area contributed by atoms with Crippen molar-refractivity contribution in [3.8, 4) is 5.75 Å². The molecule has 6 nitrogen and oxygen atoms in total. The van der Waals surface area contributed by atoms with Gasteiger partial charge in [-0.2, -0.15) is 0 Å². The number of carbonyl (C=O) groups excluding carboxylic acids is 2. The number of allylic oxidation sites excluding steroid dienone is 4. The molecule has 1 aliphatic heterocycles. The molecule has 5 rings (SSSR count). The van der Waals surface area contributed by atoms with Gasteiger partial charge in [-0.3, -0.25) is 9.59 Å². The molecule has 1 heterocycles. The molecule has 2 aromatic carbocycles. The molecule has 3 aliphatic rings. The van der Waals surface area contributed by atoms with Gasteiger partial charge in [-0.25, -0.2) is 4.79 Å². The van der Waals surface area contributed by atoms with E-state index in [2.05, 4.69) is 0 Å². The van der Waals surface area contributed by atoms with E-state index in [9.17, 15) is 14.4 Å². The van der Waals surface area contributed by atoms with Crippen LogP contribution in [0, 0.1) is 0 Å². The van der Waals surface area contributed by atoms with Crippen LogP contribution in [0.1, 0.15) is 65.9 Å². The minimum atomic E-state index is -0.962. The van der Waals surface area contributed by atoms with Gasteiger partial charge in [-0.1, -0.05) is 24.3 Å². The number of hydrogen-bond acceptors (Lipinski definition) is 5. The molecule has 0 unspecified atom stereocenters. The average molecular weight is 444 g/mol. The van der Waals surface area contributed by atoms with Crippen LogP contribution >= 0.6 is 0 Å². The number of Topliss-reactive ketones (excluding diaryl/α,β-unsaturated/α-hetero) is 2. The number of carboxylic acid groups (broad SMARTS) is 1. The Labute approximate surface area is 191 Å². The van der Waals surface area contributed by atoms with Crippen LogP contribution in [0.25, 0.3) is 0 Å². The fourth-order valence-corrected chi connectivity index (χ4v) is 4.82. The predicted molar refractivity (Wildman–Crippen MR) is 120 cm³/mol. The summed E-state index contributed by atoms with van der Waals surface area (Å²) in [7, 11) is 0. The van der Waals surface area contributed by atoms with Crippen LogP contribution in [0.4, 0.5) is 0 Å². The summed E-state index contributed by atoms with van der Waals surface area (Å²) in [5.74, 6) is 0.913. The summed E-state index contributed by atoms with van der Waals surface area (Å²) >= 11 is 0. The number of benzene rings is 2. The number of rotatable bonds is 5. The highest BCUT2D eigenvalue weighted by atomic mass is 16.5. The number of ether oxygens (including phenoxy) is 2. The van der Waals surface area contributed by atoms with Gasteiger partial charge in [-0.05, 0) is 48.2 Å². The Kier molecular flexibility index (Phi) is 5.58. The van der Waals surface area contributed by atoms with Gasteiger partial charge in [0, 0.05) is 42.7 Å². The molecule has 0 radical (unpaired) electrons. The second-order valence-electron chi connectivity index (χ2n) is 8.62. The third-order valence-electron chi connectivity index (χ3n) is 6.46. The lowest BCUT2D eigenvalue weighted by Gasteiger charge is -2.36. The lowest BCUT2D eigenvalue weighted by molar-refractivity contribution is -0.117. The average Bonchev–Trinajstić information content (AvgIpc) is 2.82. The zero-order valence-electron chi connectivity index (χ0n) is 18.1. The van der Waals surface area contributed by atoms with E-state index in [1.54, 1.807) is 24.3 Å². The monoisotopic (exact) mass is 444 g/mol. The molecule has 6 heteroatoms. The van der Waals surface area contributed by atoms with Crippen LogP contribution in [0.15, 0.2) is 71.2 Å². The first-order valence-corrected chi connectivity index (χ1v) is 11.3. The lowest BCUT2D eigenvalue weighted by atomic mass is 9.73. The Balaban J connectivity index is 1.39. The van der Waals surface area contributed by atoms with Crippen molar-refractivity contribution in [2.45, 2.75) is 51.0 Å². The van der Waals surface area contributed by atoms with Crippen molar-refractivity contribution in [1.82, 2.24) is 0 Å². The molecule has 33 heavy (non-hydrogen) atoms. The maximum atomic E-state index is 12.9. The van der Waals surface area contributed by atoms with Crippen LogP contribution in [-0.4, -0.2) is 22.6 Å². The van der Waals surface area contributed by atoms with E-state index in [4.69, 9.17) is 14.6 Å². The number of ketones is 2. The van der Waals surface area contributed by atoms with Crippen molar-refractivity contribution in [1.29, 1.82) is 0 Å². The number of carboxylic acids is 1. The molecule has 168 valence electrons. The van der Waals surface area contributed by atoms with E-state index in [0.29, 0.717) is 36.3 Å². The predicted octanol–water partition coefficient (Wildman–Crippen LogP) is 5.09. The van der Waals surface area contributed by atoms with E-state index in [-0.39, 0.29) is 23.0 Å². The minimum absolute atomic E-state index is 0.0660. The SMILES string of the molecule is O=C1CCCC2=C1C(c1ccc(OCc3ccc(C(=O)O)cc3)cc1)C1=C(CCCC1=O)O2. The Morgan fingerprint density at radius 1 is 0.848 bits per heavy atom. The highest BCUT2D eigenvalue weighted by Gasteiger charge is 2.41. The normalized spacial score (nSPS) is 18.5. The van der Waals surface area contributed by atoms with Crippen LogP contribution < -0.4 is 4.74 Å². The standard InChI is InChI=1S/C27H24O6/c28-20-3-1-5-22-25(20)24(26-21(29)4-2-6-23(26)33-22)17-11-13-19(14-12-17)32-15-16-7-9-18(10-8-16)27(30)31/h7-14,24H,1-6,15H2,(H,30,31). The largest absolute Gasteiger partial charge is 0.489 e. The van der Waals surface area contributed by atoms with E-state index in [0.717, 1.165) is 48.3 Å². The third-order valence-corrected chi connectivity index (χ3v) is 6.46. The maximum absolute atomic E-state index is 12.9. The van der Waals surface area contributed by atoms with Gasteiger partial charge in [0.2, 0.25) is 0 Å². The molecule has 0 bridgehead atoms. The summed E-state index contributed by atoms with van der Waals surface area (Å²) in [5, 5.41) is 9.01. The molecule has 0 spiro atoms. The third kappa shape index (κ3) is 4.09. The molecule has 0 aromatic heterocycles. The van der Waals surface area contributed by atoms with Crippen molar-refractivity contribution in [3.63, 3.8) is 0 Å². The van der Waals surface area contributed by atoms with Gasteiger partial charge in [-0.15, -0.1) is 0 Å². The molecule has 0 fully saturated rings. The highest BCUT2D eigenvalue weighted by Crippen LogP contribution is 2.47. The van der Waals surface area contributed by atoms with Crippen molar-refractivity contribution in [2.75, 3.05) is 0 Å². The molecule has 1 N–H and O–H groups in total. The highest BCUT2D eigenvalue weighted by molar-refractivity contribution is 6.05. The van der Waals surface area contributed by atoms with E-state index >= 15 is 0 Å². The van der Waals surface area contributed by atoms with Crippen molar-refractivity contribution in [3.05, 3.63) is 87.9 Å². The zero-order chi connectivity index (χ0) is 22.9. The maximum Gasteiger partial charge on any atom is 0.335 e. The van der Waals surface area contributed by atoms with Gasteiger partial charge in [0.05, 0.1) is 5.56 Å². The smallest absolute Gasteiger partial charge is 0.335 e. The fraction of sp³-hybridized carbons (Fsp3) is 0.296. The zero-order valence-corrected chi connectivity index (χ0v) is 18.1. The lowest BCUT2D eigenvalue weighted by Crippen LogP contribution is -2.30. The van der Waals surface area contributed by atoms with Gasteiger partial charge in [0.15, 0.2) is 11.6 Å². The Bertz CT molecular complexity index is 1140. The van der Waals surface area contributed by atoms with Crippen LogP contribution in [-0.2, 0) is 20.9 Å². The Hall–Kier alpha value is -3.67. The van der Waals surface area contributed by atoms with Crippen molar-refractivity contribution in [2.24, 2.45) is 0 Å². The van der Waals surface area contributed by atoms with E-state index in [1.165, 1.54) is 0 Å². The quantitative estimate of drug-likeness (QED) is 0.691. The van der Waals surface area contributed by atoms with Gasteiger partial charge >= 0.3 is 5.97 Å². The molecule has 0 atom stereocenters. The first kappa shape index (κ1) is 21.2. The topological polar surface area (TPSA) is 89.9 Å². The van der Waals surface area contributed by atoms with Crippen molar-refractivity contribution >= 4 is 17.5 Å².